The zero-order chi connectivity index (χ0) is 20.4. The number of carbonyl (C=O) groups is 2. The molecule has 1 unspecified atom stereocenters. The van der Waals surface area contributed by atoms with Crippen LogP contribution in [0.15, 0.2) is 30.9 Å². The Morgan fingerprint density at radius 3 is 2.61 bits per heavy atom. The molecule has 2 aromatic rings. The average molecular weight is 383 g/mol. The highest BCUT2D eigenvalue weighted by atomic mass is 16.2. The third kappa shape index (κ3) is 2.90. The Bertz CT molecular complexity index is 939. The van der Waals surface area contributed by atoms with Crippen molar-refractivity contribution in [3.8, 4) is 0 Å². The minimum atomic E-state index is -0.568. The van der Waals surface area contributed by atoms with E-state index in [0.717, 1.165) is 12.1 Å². The fourth-order valence-electron chi connectivity index (χ4n) is 5.04. The normalized spacial score (nSPS) is 26.8. The molecule has 0 aromatic carbocycles. The lowest BCUT2D eigenvalue weighted by Crippen LogP contribution is -2.56. The molecule has 1 N–H and O–H groups in total. The lowest BCUT2D eigenvalue weighted by Gasteiger charge is -2.37. The molecule has 28 heavy (non-hydrogen) atoms. The van der Waals surface area contributed by atoms with Gasteiger partial charge in [-0.05, 0) is 41.7 Å². The quantitative estimate of drug-likeness (QED) is 0.887. The number of rotatable bonds is 3. The monoisotopic (exact) mass is 382 g/mol. The minimum Gasteiger partial charge on any atom is -0.340 e. The number of nitrogens with one attached hydrogen (secondary N) is 1. The summed E-state index contributed by atoms with van der Waals surface area (Å²) in [4.78, 5) is 32.4. The van der Waals surface area contributed by atoms with Crippen molar-refractivity contribution in [3.63, 3.8) is 0 Å². The molecule has 1 aliphatic carbocycles. The second kappa shape index (κ2) is 6.06. The molecule has 150 valence electrons. The number of hydrogen-bond acceptors (Lipinski definition) is 3. The van der Waals surface area contributed by atoms with Crippen LogP contribution in [0.2, 0.25) is 0 Å². The largest absolute Gasteiger partial charge is 0.340 e. The molecule has 2 fully saturated rings. The smallest absolute Gasteiger partial charge is 0.253 e. The number of likely N-dealkylation sites (tertiary alicyclic amines) is 1. The maximum atomic E-state index is 13.4. The molecule has 4 rings (SSSR count). The first kappa shape index (κ1) is 19.0. The standard InChI is InChI=1S/C22H30N4O2/c1-13-17-16(22(17,5)6)11-26(13)20(28)18(21(2,3)4)24-19(27)14-7-8-15-9-23-12-25(15)10-14/h7-10,12-13,16-18H,11H2,1-6H3,(H,24,27)/t13-,16?,17-,18-/m1/s1. The van der Waals surface area contributed by atoms with E-state index >= 15 is 0 Å². The van der Waals surface area contributed by atoms with Crippen LogP contribution in [0, 0.1) is 22.7 Å². The molecule has 2 aromatic heterocycles. The summed E-state index contributed by atoms with van der Waals surface area (Å²) in [5.41, 5.74) is 1.39. The second-order valence-corrected chi connectivity index (χ2v) is 10.1. The number of aromatic nitrogens is 2. The van der Waals surface area contributed by atoms with E-state index in [1.165, 1.54) is 0 Å². The van der Waals surface area contributed by atoms with Crippen LogP contribution in [0.4, 0.5) is 0 Å². The van der Waals surface area contributed by atoms with Gasteiger partial charge in [-0.3, -0.25) is 9.59 Å². The van der Waals surface area contributed by atoms with Gasteiger partial charge < -0.3 is 14.6 Å². The van der Waals surface area contributed by atoms with Crippen LogP contribution in [-0.2, 0) is 4.79 Å². The van der Waals surface area contributed by atoms with Crippen molar-refractivity contribution in [2.45, 2.75) is 53.6 Å². The first-order valence-corrected chi connectivity index (χ1v) is 10.0. The van der Waals surface area contributed by atoms with Crippen LogP contribution in [0.5, 0.6) is 0 Å². The predicted molar refractivity (Wildman–Crippen MR) is 108 cm³/mol. The van der Waals surface area contributed by atoms with Gasteiger partial charge in [0.2, 0.25) is 5.91 Å². The third-order valence-electron chi connectivity index (χ3n) is 6.89. The molecule has 6 nitrogen and oxygen atoms in total. The zero-order valence-corrected chi connectivity index (χ0v) is 17.6. The lowest BCUT2D eigenvalue weighted by molar-refractivity contribution is -0.137. The van der Waals surface area contributed by atoms with Crippen molar-refractivity contribution in [3.05, 3.63) is 36.4 Å². The zero-order valence-electron chi connectivity index (χ0n) is 17.6. The summed E-state index contributed by atoms with van der Waals surface area (Å²) >= 11 is 0. The Morgan fingerprint density at radius 1 is 1.29 bits per heavy atom. The summed E-state index contributed by atoms with van der Waals surface area (Å²) < 4.78 is 1.81. The molecule has 6 heteroatoms. The van der Waals surface area contributed by atoms with Gasteiger partial charge in [0, 0.05) is 18.8 Å². The van der Waals surface area contributed by atoms with Crippen molar-refractivity contribution in [2.24, 2.45) is 22.7 Å². The topological polar surface area (TPSA) is 66.7 Å². The molecule has 0 radical (unpaired) electrons. The number of amides is 2. The van der Waals surface area contributed by atoms with Gasteiger partial charge in [-0.15, -0.1) is 0 Å². The van der Waals surface area contributed by atoms with E-state index in [2.05, 4.69) is 31.1 Å². The molecule has 0 spiro atoms. The molecular formula is C22H30N4O2. The Labute approximate surface area is 166 Å². The highest BCUT2D eigenvalue weighted by Crippen LogP contribution is 2.64. The van der Waals surface area contributed by atoms with Gasteiger partial charge in [-0.2, -0.15) is 0 Å². The summed E-state index contributed by atoms with van der Waals surface area (Å²) in [5.74, 6) is 0.934. The number of carbonyl (C=O) groups excluding carboxylic acids is 2. The first-order chi connectivity index (χ1) is 13.0. The molecule has 1 aliphatic heterocycles. The Hall–Kier alpha value is -2.37. The van der Waals surface area contributed by atoms with E-state index in [-0.39, 0.29) is 23.3 Å². The van der Waals surface area contributed by atoms with Gasteiger partial charge in [0.25, 0.3) is 5.91 Å². The maximum absolute atomic E-state index is 13.4. The molecule has 1 saturated carbocycles. The summed E-state index contributed by atoms with van der Waals surface area (Å²) in [6.07, 6.45) is 5.15. The van der Waals surface area contributed by atoms with E-state index in [9.17, 15) is 9.59 Å². The summed E-state index contributed by atoms with van der Waals surface area (Å²) in [7, 11) is 0. The molecule has 4 atom stereocenters. The number of pyridine rings is 1. The molecule has 3 heterocycles. The van der Waals surface area contributed by atoms with Gasteiger partial charge in [0.1, 0.15) is 6.04 Å². The van der Waals surface area contributed by atoms with Gasteiger partial charge >= 0.3 is 0 Å². The van der Waals surface area contributed by atoms with Crippen LogP contribution in [0.25, 0.3) is 5.52 Å². The summed E-state index contributed by atoms with van der Waals surface area (Å²) in [6, 6.07) is 3.28. The van der Waals surface area contributed by atoms with Crippen molar-refractivity contribution < 1.29 is 9.59 Å². The van der Waals surface area contributed by atoms with Crippen LogP contribution in [0.1, 0.15) is 51.9 Å². The third-order valence-corrected chi connectivity index (χ3v) is 6.89. The first-order valence-electron chi connectivity index (χ1n) is 10.0. The van der Waals surface area contributed by atoms with Crippen molar-refractivity contribution in [1.29, 1.82) is 0 Å². The predicted octanol–water partition coefficient (Wildman–Crippen LogP) is 2.98. The van der Waals surface area contributed by atoms with Gasteiger partial charge in [0.05, 0.1) is 23.6 Å². The Balaban J connectivity index is 1.53. The number of nitrogens with zero attached hydrogens (tertiary/aromatic N) is 3. The van der Waals surface area contributed by atoms with E-state index in [4.69, 9.17) is 0 Å². The molecule has 2 amide bonds. The second-order valence-electron chi connectivity index (χ2n) is 10.1. The van der Waals surface area contributed by atoms with Gasteiger partial charge in [-0.1, -0.05) is 34.6 Å². The number of hydrogen-bond donors (Lipinski definition) is 1. The SMILES string of the molecule is C[C@@H]1[C@@H]2C(CN1C(=O)[C@@H](NC(=O)c1ccc3cncn3c1)C(C)(C)C)C2(C)C. The molecule has 0 bridgehead atoms. The maximum Gasteiger partial charge on any atom is 0.253 e. The van der Waals surface area contributed by atoms with E-state index < -0.39 is 6.04 Å². The van der Waals surface area contributed by atoms with Crippen LogP contribution in [-0.4, -0.2) is 44.7 Å². The van der Waals surface area contributed by atoms with Crippen LogP contribution >= 0.6 is 0 Å². The van der Waals surface area contributed by atoms with Crippen LogP contribution < -0.4 is 5.32 Å². The highest BCUT2D eigenvalue weighted by Gasteiger charge is 2.66. The van der Waals surface area contributed by atoms with Crippen molar-refractivity contribution in [2.75, 3.05) is 6.54 Å². The molecular weight excluding hydrogens is 352 g/mol. The number of fused-ring (bicyclic) bond motifs is 2. The van der Waals surface area contributed by atoms with Crippen molar-refractivity contribution >= 4 is 17.3 Å². The van der Waals surface area contributed by atoms with E-state index in [1.54, 1.807) is 29.2 Å². The van der Waals surface area contributed by atoms with Gasteiger partial charge in [0.15, 0.2) is 0 Å². The fraction of sp³-hybridized carbons (Fsp3) is 0.591. The highest BCUT2D eigenvalue weighted by molar-refractivity contribution is 5.98. The fourth-order valence-corrected chi connectivity index (χ4v) is 5.04. The number of piperidine rings is 1. The molecule has 2 aliphatic rings. The Kier molecular flexibility index (Phi) is 4.11. The molecule has 1 saturated heterocycles. The van der Waals surface area contributed by atoms with Gasteiger partial charge in [-0.25, -0.2) is 4.98 Å². The number of imidazole rings is 1. The summed E-state index contributed by atoms with van der Waals surface area (Å²) in [5, 5.41) is 3.01. The van der Waals surface area contributed by atoms with Crippen LogP contribution in [0.3, 0.4) is 0 Å². The van der Waals surface area contributed by atoms with E-state index in [0.29, 0.717) is 22.8 Å². The minimum absolute atomic E-state index is 0.0278. The summed E-state index contributed by atoms with van der Waals surface area (Å²) in [6.45, 7) is 13.5. The lowest BCUT2D eigenvalue weighted by atomic mass is 9.85. The van der Waals surface area contributed by atoms with Crippen molar-refractivity contribution in [1.82, 2.24) is 19.6 Å². The average Bonchev–Trinajstić information content (AvgIpc) is 2.99. The Morgan fingerprint density at radius 2 is 2.00 bits per heavy atom. The van der Waals surface area contributed by atoms with E-state index in [1.807, 2.05) is 31.7 Å².